The lowest BCUT2D eigenvalue weighted by molar-refractivity contribution is -0.133. The summed E-state index contributed by atoms with van der Waals surface area (Å²) in [7, 11) is 2.67. The first-order valence-electron chi connectivity index (χ1n) is 8.09. The Morgan fingerprint density at radius 2 is 1.82 bits per heavy atom. The number of carbonyl (C=O) groups is 2. The van der Waals surface area contributed by atoms with Crippen LogP contribution in [0.5, 0.6) is 11.5 Å². The standard InChI is InChI=1S/C19H18F3NO5/c1-23(10-13-5-3-4-6-14(13)20)17(24)11-27-18(25)12-7-8-15(28-19(21)22)16(9-12)26-2/h3-9,19H,10-11H2,1-2H3. The first-order valence-corrected chi connectivity index (χ1v) is 8.09. The largest absolute Gasteiger partial charge is 0.493 e. The van der Waals surface area contributed by atoms with Crippen LogP contribution in [0.1, 0.15) is 15.9 Å². The van der Waals surface area contributed by atoms with Crippen LogP contribution in [0.3, 0.4) is 0 Å². The Hall–Kier alpha value is -3.23. The van der Waals surface area contributed by atoms with E-state index in [1.165, 1.54) is 37.3 Å². The molecule has 0 saturated heterocycles. The number of ether oxygens (including phenoxy) is 3. The number of rotatable bonds is 8. The van der Waals surface area contributed by atoms with Crippen molar-refractivity contribution in [1.82, 2.24) is 4.90 Å². The maximum absolute atomic E-state index is 13.6. The maximum Gasteiger partial charge on any atom is 0.387 e. The van der Waals surface area contributed by atoms with Crippen LogP contribution in [-0.4, -0.2) is 44.2 Å². The lowest BCUT2D eigenvalue weighted by atomic mass is 10.2. The van der Waals surface area contributed by atoms with Gasteiger partial charge in [-0.1, -0.05) is 18.2 Å². The minimum Gasteiger partial charge on any atom is -0.493 e. The van der Waals surface area contributed by atoms with Crippen LogP contribution in [0.4, 0.5) is 13.2 Å². The number of halogens is 3. The van der Waals surface area contributed by atoms with Crippen molar-refractivity contribution in [2.45, 2.75) is 13.2 Å². The van der Waals surface area contributed by atoms with Crippen molar-refractivity contribution >= 4 is 11.9 Å². The number of nitrogens with zero attached hydrogens (tertiary/aromatic N) is 1. The van der Waals surface area contributed by atoms with Crippen LogP contribution in [0.15, 0.2) is 42.5 Å². The van der Waals surface area contributed by atoms with Crippen molar-refractivity contribution in [1.29, 1.82) is 0 Å². The van der Waals surface area contributed by atoms with Crippen molar-refractivity contribution in [2.75, 3.05) is 20.8 Å². The summed E-state index contributed by atoms with van der Waals surface area (Å²) in [5.41, 5.74) is 0.312. The molecule has 2 aromatic rings. The second-order valence-corrected chi connectivity index (χ2v) is 5.66. The number of esters is 1. The zero-order valence-electron chi connectivity index (χ0n) is 15.2. The third-order valence-corrected chi connectivity index (χ3v) is 3.73. The third kappa shape index (κ3) is 5.63. The molecule has 0 atom stereocenters. The van der Waals surface area contributed by atoms with Crippen molar-refractivity contribution in [3.63, 3.8) is 0 Å². The van der Waals surface area contributed by atoms with Crippen molar-refractivity contribution < 1.29 is 37.0 Å². The van der Waals surface area contributed by atoms with E-state index in [4.69, 9.17) is 9.47 Å². The van der Waals surface area contributed by atoms with Crippen molar-refractivity contribution in [3.8, 4) is 11.5 Å². The second-order valence-electron chi connectivity index (χ2n) is 5.66. The SMILES string of the molecule is COc1cc(C(=O)OCC(=O)N(C)Cc2ccccc2F)ccc1OC(F)F. The van der Waals surface area contributed by atoms with Gasteiger partial charge < -0.3 is 19.1 Å². The molecular weight excluding hydrogens is 379 g/mol. The molecule has 0 saturated carbocycles. The lowest BCUT2D eigenvalue weighted by Crippen LogP contribution is -2.31. The first-order chi connectivity index (χ1) is 13.3. The van der Waals surface area contributed by atoms with Gasteiger partial charge in [0.1, 0.15) is 5.82 Å². The van der Waals surface area contributed by atoms with E-state index in [-0.39, 0.29) is 23.6 Å². The highest BCUT2D eigenvalue weighted by molar-refractivity contribution is 5.92. The number of hydrogen-bond donors (Lipinski definition) is 0. The van der Waals surface area contributed by atoms with Crippen LogP contribution in [0.2, 0.25) is 0 Å². The molecule has 0 aliphatic rings. The Labute approximate surface area is 159 Å². The lowest BCUT2D eigenvalue weighted by Gasteiger charge is -2.17. The molecule has 0 bridgehead atoms. The summed E-state index contributed by atoms with van der Waals surface area (Å²) in [5.74, 6) is -2.17. The van der Waals surface area contributed by atoms with Crippen LogP contribution in [-0.2, 0) is 16.1 Å². The molecule has 150 valence electrons. The van der Waals surface area contributed by atoms with Crippen LogP contribution in [0.25, 0.3) is 0 Å². The average molecular weight is 397 g/mol. The van der Waals surface area contributed by atoms with E-state index in [2.05, 4.69) is 4.74 Å². The van der Waals surface area contributed by atoms with E-state index >= 15 is 0 Å². The molecule has 1 amide bonds. The van der Waals surface area contributed by atoms with Crippen LogP contribution >= 0.6 is 0 Å². The molecule has 0 N–H and O–H groups in total. The van der Waals surface area contributed by atoms with E-state index in [9.17, 15) is 22.8 Å². The predicted octanol–water partition coefficient (Wildman–Crippen LogP) is 3.25. The number of likely N-dealkylation sites (N-methyl/N-ethyl adjacent to an activating group) is 1. The summed E-state index contributed by atoms with van der Waals surface area (Å²) >= 11 is 0. The molecule has 0 spiro atoms. The molecule has 0 fully saturated rings. The average Bonchev–Trinajstić information content (AvgIpc) is 2.67. The molecule has 28 heavy (non-hydrogen) atoms. The summed E-state index contributed by atoms with van der Waals surface area (Å²) in [6, 6.07) is 9.50. The topological polar surface area (TPSA) is 65.1 Å². The normalized spacial score (nSPS) is 10.5. The Morgan fingerprint density at radius 3 is 2.46 bits per heavy atom. The number of hydrogen-bond acceptors (Lipinski definition) is 5. The second kappa shape index (κ2) is 9.63. The monoisotopic (exact) mass is 397 g/mol. The third-order valence-electron chi connectivity index (χ3n) is 3.73. The van der Waals surface area contributed by atoms with E-state index in [0.717, 1.165) is 12.1 Å². The summed E-state index contributed by atoms with van der Waals surface area (Å²) in [6.45, 7) is -3.60. The molecule has 0 unspecified atom stereocenters. The molecule has 6 nitrogen and oxygen atoms in total. The highest BCUT2D eigenvalue weighted by atomic mass is 19.3. The quantitative estimate of drug-likeness (QED) is 0.640. The Bertz CT molecular complexity index is 844. The number of amides is 1. The van der Waals surface area contributed by atoms with Gasteiger partial charge in [0, 0.05) is 19.2 Å². The summed E-state index contributed by atoms with van der Waals surface area (Å²) in [6.07, 6.45) is 0. The van der Waals surface area contributed by atoms with Gasteiger partial charge >= 0.3 is 12.6 Å². The minimum atomic E-state index is -3.05. The Morgan fingerprint density at radius 1 is 1.11 bits per heavy atom. The Kier molecular flexibility index (Phi) is 7.25. The molecule has 0 aromatic heterocycles. The Balaban J connectivity index is 1.95. The molecule has 2 rings (SSSR count). The molecule has 9 heteroatoms. The number of alkyl halides is 2. The smallest absolute Gasteiger partial charge is 0.387 e. The van der Waals surface area contributed by atoms with E-state index in [0.29, 0.717) is 5.56 Å². The fraction of sp³-hybridized carbons (Fsp3) is 0.263. The highest BCUT2D eigenvalue weighted by Gasteiger charge is 2.18. The fourth-order valence-electron chi connectivity index (χ4n) is 2.28. The van der Waals surface area contributed by atoms with Gasteiger partial charge in [0.2, 0.25) is 0 Å². The van der Waals surface area contributed by atoms with Crippen molar-refractivity contribution in [3.05, 3.63) is 59.4 Å². The van der Waals surface area contributed by atoms with Gasteiger partial charge in [-0.3, -0.25) is 4.79 Å². The predicted molar refractivity (Wildman–Crippen MR) is 92.8 cm³/mol. The number of methoxy groups -OCH3 is 1. The first kappa shape index (κ1) is 21.1. The zero-order chi connectivity index (χ0) is 20.7. The molecular formula is C19H18F3NO5. The van der Waals surface area contributed by atoms with Crippen LogP contribution < -0.4 is 9.47 Å². The van der Waals surface area contributed by atoms with Gasteiger partial charge in [0.25, 0.3) is 5.91 Å². The van der Waals surface area contributed by atoms with E-state index in [1.54, 1.807) is 12.1 Å². The van der Waals surface area contributed by atoms with Gasteiger partial charge in [-0.25, -0.2) is 9.18 Å². The molecule has 0 radical (unpaired) electrons. The fourth-order valence-corrected chi connectivity index (χ4v) is 2.28. The summed E-state index contributed by atoms with van der Waals surface area (Å²) in [4.78, 5) is 25.4. The van der Waals surface area contributed by atoms with Gasteiger partial charge in [0.15, 0.2) is 18.1 Å². The molecule has 0 aliphatic carbocycles. The minimum absolute atomic E-state index is 0.0105. The van der Waals surface area contributed by atoms with Crippen molar-refractivity contribution in [2.24, 2.45) is 0 Å². The molecule has 0 aliphatic heterocycles. The van der Waals surface area contributed by atoms with Crippen LogP contribution in [0, 0.1) is 5.82 Å². The number of carbonyl (C=O) groups excluding carboxylic acids is 2. The summed E-state index contributed by atoms with van der Waals surface area (Å²) in [5, 5.41) is 0. The summed E-state index contributed by atoms with van der Waals surface area (Å²) < 4.78 is 52.4. The van der Waals surface area contributed by atoms with Gasteiger partial charge in [-0.05, 0) is 24.3 Å². The molecule has 2 aromatic carbocycles. The van der Waals surface area contributed by atoms with E-state index < -0.39 is 30.9 Å². The van der Waals surface area contributed by atoms with Gasteiger partial charge in [0.05, 0.1) is 12.7 Å². The maximum atomic E-state index is 13.6. The van der Waals surface area contributed by atoms with Gasteiger partial charge in [-0.15, -0.1) is 0 Å². The zero-order valence-corrected chi connectivity index (χ0v) is 15.2. The van der Waals surface area contributed by atoms with Gasteiger partial charge in [-0.2, -0.15) is 8.78 Å². The number of benzene rings is 2. The highest BCUT2D eigenvalue weighted by Crippen LogP contribution is 2.29. The molecule has 0 heterocycles. The van der Waals surface area contributed by atoms with E-state index in [1.807, 2.05) is 0 Å².